The highest BCUT2D eigenvalue weighted by Crippen LogP contribution is 2.18. The Morgan fingerprint density at radius 3 is 0.756 bits per heavy atom. The number of hydrogen-bond acceptors (Lipinski definition) is 5. The van der Waals surface area contributed by atoms with Crippen molar-refractivity contribution in [1.29, 1.82) is 0 Å². The average molecular weight is 1190 g/mol. The Morgan fingerprint density at radius 2 is 0.500 bits per heavy atom. The van der Waals surface area contributed by atoms with E-state index in [-0.39, 0.29) is 25.2 Å². The molecule has 0 bridgehead atoms. The van der Waals surface area contributed by atoms with Crippen molar-refractivity contribution >= 4 is 11.9 Å². The molecule has 0 saturated carbocycles. The zero-order valence-electron chi connectivity index (χ0n) is 56.8. The smallest absolute Gasteiger partial charge is 0.306 e. The Bertz CT molecular complexity index is 1690. The number of esters is 2. The summed E-state index contributed by atoms with van der Waals surface area (Å²) in [5.41, 5.74) is 0. The maximum atomic E-state index is 12.4. The van der Waals surface area contributed by atoms with E-state index in [1.54, 1.807) is 0 Å². The molecule has 0 aliphatic rings. The molecule has 86 heavy (non-hydrogen) atoms. The van der Waals surface area contributed by atoms with Gasteiger partial charge in [0, 0.05) is 12.8 Å². The van der Waals surface area contributed by atoms with Crippen LogP contribution in [0.2, 0.25) is 0 Å². The van der Waals surface area contributed by atoms with E-state index in [0.29, 0.717) is 12.8 Å². The van der Waals surface area contributed by atoms with E-state index in [4.69, 9.17) is 9.47 Å². The molecule has 0 radical (unpaired) electrons. The zero-order valence-corrected chi connectivity index (χ0v) is 56.8. The van der Waals surface area contributed by atoms with Gasteiger partial charge in [-0.25, -0.2) is 0 Å². The number of allylic oxidation sites excluding steroid dienone is 20. The third-order valence-corrected chi connectivity index (χ3v) is 16.3. The quantitative estimate of drug-likeness (QED) is 0.0373. The molecule has 0 amide bonds. The fourth-order valence-electron chi connectivity index (χ4n) is 10.8. The minimum Gasteiger partial charge on any atom is -0.462 e. The number of aliphatic hydroxyl groups is 1. The van der Waals surface area contributed by atoms with E-state index in [9.17, 15) is 14.7 Å². The summed E-state index contributed by atoms with van der Waals surface area (Å²) in [6.07, 6.45) is 111. The van der Waals surface area contributed by atoms with Crippen molar-refractivity contribution in [2.45, 2.75) is 367 Å². The molecule has 0 spiro atoms. The molecule has 0 rings (SSSR count). The van der Waals surface area contributed by atoms with Gasteiger partial charge >= 0.3 is 11.9 Å². The van der Waals surface area contributed by atoms with E-state index in [1.165, 1.54) is 225 Å². The average Bonchev–Trinajstić information content (AvgIpc) is 3.53. The summed E-state index contributed by atoms with van der Waals surface area (Å²) in [4.78, 5) is 24.7. The standard InChI is InChI=1S/C81H140O5/c1-3-5-7-9-11-13-15-17-19-21-23-25-27-29-31-33-35-37-39-40-42-44-46-48-50-52-54-56-58-60-62-64-66-68-70-72-74-76-81(84)86-79(77-82)78-85-80(83)75-73-71-69-67-65-63-61-59-57-55-53-51-49-47-45-43-41-38-36-34-32-30-28-26-24-22-20-18-16-14-12-10-8-6-4-2/h5,7,11,13,17,19,23,25,29,31,35,37,40,42,46,48,52,54,58,60,79,82H,3-4,6,8-10,12,14-16,18,20-22,24,26-28,30,32-34,36,38-39,41,43-45,47,49-51,53,55-57,59,61-78H2,1-2H3/b7-5-,13-11-,19-17-,25-23-,31-29-,37-35-,42-40-,48-46-,54-52-,60-58-. The highest BCUT2D eigenvalue weighted by atomic mass is 16.6. The summed E-state index contributed by atoms with van der Waals surface area (Å²) in [5, 5.41) is 9.71. The van der Waals surface area contributed by atoms with Crippen molar-refractivity contribution in [2.75, 3.05) is 13.2 Å². The number of hydrogen-bond donors (Lipinski definition) is 1. The second-order valence-electron chi connectivity index (χ2n) is 24.7. The molecule has 0 aliphatic heterocycles. The molecular formula is C81H140O5. The largest absolute Gasteiger partial charge is 0.462 e. The molecule has 1 unspecified atom stereocenters. The van der Waals surface area contributed by atoms with Gasteiger partial charge in [0.05, 0.1) is 6.61 Å². The van der Waals surface area contributed by atoms with Gasteiger partial charge in [-0.2, -0.15) is 0 Å². The van der Waals surface area contributed by atoms with Crippen LogP contribution >= 0.6 is 0 Å². The molecule has 5 nitrogen and oxygen atoms in total. The van der Waals surface area contributed by atoms with Crippen LogP contribution in [0.4, 0.5) is 0 Å². The second-order valence-corrected chi connectivity index (χ2v) is 24.7. The van der Waals surface area contributed by atoms with Crippen LogP contribution < -0.4 is 0 Å². The first-order valence-electron chi connectivity index (χ1n) is 37.1. The van der Waals surface area contributed by atoms with Gasteiger partial charge in [0.1, 0.15) is 6.61 Å². The second kappa shape index (κ2) is 75.5. The van der Waals surface area contributed by atoms with Crippen molar-refractivity contribution < 1.29 is 24.2 Å². The number of carbonyl (C=O) groups excluding carboxylic acids is 2. The lowest BCUT2D eigenvalue weighted by Gasteiger charge is -2.15. The van der Waals surface area contributed by atoms with Crippen LogP contribution in [0.5, 0.6) is 0 Å². The molecule has 494 valence electrons. The Labute approximate surface area is 534 Å². The fraction of sp³-hybridized carbons (Fsp3) is 0.728. The molecule has 0 saturated heterocycles. The summed E-state index contributed by atoms with van der Waals surface area (Å²) >= 11 is 0. The summed E-state index contributed by atoms with van der Waals surface area (Å²) in [5.74, 6) is -0.600. The van der Waals surface area contributed by atoms with Gasteiger partial charge in [0.25, 0.3) is 0 Å². The van der Waals surface area contributed by atoms with Crippen LogP contribution in [0.25, 0.3) is 0 Å². The zero-order chi connectivity index (χ0) is 61.9. The van der Waals surface area contributed by atoms with E-state index < -0.39 is 6.10 Å². The summed E-state index contributed by atoms with van der Waals surface area (Å²) in [7, 11) is 0. The van der Waals surface area contributed by atoms with Crippen molar-refractivity contribution in [3.05, 3.63) is 122 Å². The molecule has 0 fully saturated rings. The van der Waals surface area contributed by atoms with E-state index in [2.05, 4.69) is 135 Å². The first-order chi connectivity index (χ1) is 42.6. The lowest BCUT2D eigenvalue weighted by Crippen LogP contribution is -2.28. The minimum atomic E-state index is -0.789. The van der Waals surface area contributed by atoms with Crippen molar-refractivity contribution in [1.82, 2.24) is 0 Å². The monoisotopic (exact) mass is 1190 g/mol. The molecule has 0 heterocycles. The van der Waals surface area contributed by atoms with Crippen molar-refractivity contribution in [3.8, 4) is 0 Å². The Balaban J connectivity index is 3.51. The van der Waals surface area contributed by atoms with E-state index in [0.717, 1.165) is 109 Å². The van der Waals surface area contributed by atoms with Gasteiger partial charge in [-0.05, 0) is 89.9 Å². The molecule has 0 aliphatic carbocycles. The first kappa shape index (κ1) is 82.3. The fourth-order valence-corrected chi connectivity index (χ4v) is 10.8. The number of ether oxygens (including phenoxy) is 2. The predicted octanol–water partition coefficient (Wildman–Crippen LogP) is 26.1. The minimum absolute atomic E-state index is 0.0748. The van der Waals surface area contributed by atoms with Crippen LogP contribution in [-0.2, 0) is 19.1 Å². The molecule has 0 aromatic heterocycles. The van der Waals surface area contributed by atoms with Crippen molar-refractivity contribution in [2.24, 2.45) is 0 Å². The molecule has 0 aromatic carbocycles. The normalized spacial score (nSPS) is 12.9. The molecule has 1 atom stereocenters. The van der Waals surface area contributed by atoms with Gasteiger partial charge in [-0.3, -0.25) is 9.59 Å². The summed E-state index contributed by atoms with van der Waals surface area (Å²) in [6, 6.07) is 0. The van der Waals surface area contributed by atoms with Crippen LogP contribution in [-0.4, -0.2) is 36.4 Å². The van der Waals surface area contributed by atoms with Gasteiger partial charge in [-0.1, -0.05) is 379 Å². The number of rotatable bonds is 68. The third-order valence-electron chi connectivity index (χ3n) is 16.3. The van der Waals surface area contributed by atoms with E-state index >= 15 is 0 Å². The summed E-state index contributed by atoms with van der Waals surface area (Å²) < 4.78 is 10.8. The van der Waals surface area contributed by atoms with Crippen LogP contribution in [0.1, 0.15) is 361 Å². The van der Waals surface area contributed by atoms with E-state index in [1.807, 2.05) is 0 Å². The number of carbonyl (C=O) groups is 2. The summed E-state index contributed by atoms with van der Waals surface area (Å²) in [6.45, 7) is 4.05. The molecule has 5 heteroatoms. The maximum absolute atomic E-state index is 12.4. The lowest BCUT2D eigenvalue weighted by atomic mass is 10.0. The topological polar surface area (TPSA) is 72.8 Å². The SMILES string of the molecule is CC/C=C\C/C=C\C/C=C\C/C=C\C/C=C\C/C=C\C/C=C\C/C=C\C/C=C\C/C=C\CCCCCCCCC(=O)OC(CO)COC(=O)CCCCCCCCCCCCCCCCCCCCCCCCCCCCCCCCCCCCC. The van der Waals surface area contributed by atoms with Crippen molar-refractivity contribution in [3.63, 3.8) is 0 Å². The van der Waals surface area contributed by atoms with Crippen LogP contribution in [0.3, 0.4) is 0 Å². The third kappa shape index (κ3) is 72.8. The molecule has 0 aromatic rings. The van der Waals surface area contributed by atoms with Gasteiger partial charge in [0.15, 0.2) is 6.10 Å². The highest BCUT2D eigenvalue weighted by molar-refractivity contribution is 5.70. The highest BCUT2D eigenvalue weighted by Gasteiger charge is 2.16. The molecular weight excluding hydrogens is 1050 g/mol. The predicted molar refractivity (Wildman–Crippen MR) is 380 cm³/mol. The first-order valence-corrected chi connectivity index (χ1v) is 37.1. The van der Waals surface area contributed by atoms with Crippen LogP contribution in [0, 0.1) is 0 Å². The molecule has 1 N–H and O–H groups in total. The number of unbranched alkanes of at least 4 members (excludes halogenated alkanes) is 40. The lowest BCUT2D eigenvalue weighted by molar-refractivity contribution is -0.161. The Kier molecular flexibility index (Phi) is 72.3. The van der Waals surface area contributed by atoms with Gasteiger partial charge in [-0.15, -0.1) is 0 Å². The van der Waals surface area contributed by atoms with Gasteiger partial charge < -0.3 is 14.6 Å². The Hall–Kier alpha value is -3.70. The van der Waals surface area contributed by atoms with Gasteiger partial charge in [0.2, 0.25) is 0 Å². The van der Waals surface area contributed by atoms with Crippen LogP contribution in [0.15, 0.2) is 122 Å². The maximum Gasteiger partial charge on any atom is 0.306 e. The number of aliphatic hydroxyl groups excluding tert-OH is 1. The Morgan fingerprint density at radius 1 is 0.279 bits per heavy atom.